The van der Waals surface area contributed by atoms with E-state index < -0.39 is 16.1 Å². The number of sulfonamides is 1. The molecule has 1 amide bonds. The van der Waals surface area contributed by atoms with Crippen molar-refractivity contribution in [1.82, 2.24) is 24.7 Å². The topological polar surface area (TPSA) is 96.3 Å². The Bertz CT molecular complexity index is 765. The first-order chi connectivity index (χ1) is 11.7. The maximum absolute atomic E-state index is 12.9. The molecular weight excluding hydrogens is 378 g/mol. The third-order valence-electron chi connectivity index (χ3n) is 5.32. The Morgan fingerprint density at radius 2 is 1.92 bits per heavy atom. The Balaban J connectivity index is 0.00000243. The number of aryl methyl sites for hydroxylation is 2. The predicted molar refractivity (Wildman–Crippen MR) is 101 cm³/mol. The molecule has 2 aliphatic rings. The van der Waals surface area contributed by atoms with Crippen molar-refractivity contribution >= 4 is 28.3 Å². The SMILES string of the molecule is Cc1nn(C)c(C)c1S(=O)(=O)NC(C)C(=O)N1C2CCNCC1CC2.Cl. The van der Waals surface area contributed by atoms with Crippen LogP contribution >= 0.6 is 12.4 Å². The number of hydrogen-bond donors (Lipinski definition) is 2. The van der Waals surface area contributed by atoms with Crippen LogP contribution in [0.4, 0.5) is 0 Å². The van der Waals surface area contributed by atoms with Crippen LogP contribution in [0.15, 0.2) is 4.90 Å². The highest BCUT2D eigenvalue weighted by Gasteiger charge is 2.40. The Morgan fingerprint density at radius 1 is 1.27 bits per heavy atom. The Morgan fingerprint density at radius 3 is 2.54 bits per heavy atom. The lowest BCUT2D eigenvalue weighted by atomic mass is 10.1. The molecule has 26 heavy (non-hydrogen) atoms. The van der Waals surface area contributed by atoms with E-state index in [0.717, 1.165) is 32.4 Å². The smallest absolute Gasteiger partial charge is 0.244 e. The fourth-order valence-electron chi connectivity index (χ4n) is 4.05. The second-order valence-electron chi connectivity index (χ2n) is 7.09. The fourth-order valence-corrected chi connectivity index (χ4v) is 5.69. The number of halogens is 1. The van der Waals surface area contributed by atoms with E-state index in [1.54, 1.807) is 27.8 Å². The van der Waals surface area contributed by atoms with Crippen molar-refractivity contribution in [3.8, 4) is 0 Å². The van der Waals surface area contributed by atoms with E-state index >= 15 is 0 Å². The summed E-state index contributed by atoms with van der Waals surface area (Å²) in [5.74, 6) is -0.140. The van der Waals surface area contributed by atoms with E-state index in [-0.39, 0.29) is 35.3 Å². The molecular formula is C16H28ClN5O3S. The minimum absolute atomic E-state index is 0. The molecule has 3 heterocycles. The number of amides is 1. The first-order valence-electron chi connectivity index (χ1n) is 8.77. The number of nitrogens with one attached hydrogen (secondary N) is 2. The molecule has 0 radical (unpaired) electrons. The van der Waals surface area contributed by atoms with Crippen LogP contribution in [0.5, 0.6) is 0 Å². The predicted octanol–water partition coefficient (Wildman–Crippen LogP) is 0.478. The summed E-state index contributed by atoms with van der Waals surface area (Å²) in [7, 11) is -2.10. The van der Waals surface area contributed by atoms with Crippen LogP contribution in [-0.2, 0) is 21.9 Å². The normalized spacial score (nSPS) is 24.1. The standard InChI is InChI=1S/C16H27N5O3S.ClH/c1-10-15(12(3)20(4)18-10)25(23,24)19-11(2)16(22)21-13-5-6-14(21)9-17-8-7-13;/h11,13-14,17,19H,5-9H2,1-4H3;1H. The fraction of sp³-hybridized carbons (Fsp3) is 0.750. The maximum Gasteiger partial charge on any atom is 0.244 e. The van der Waals surface area contributed by atoms with Gasteiger partial charge in [-0.3, -0.25) is 9.48 Å². The zero-order valence-corrected chi connectivity index (χ0v) is 17.3. The van der Waals surface area contributed by atoms with Crippen LogP contribution in [0.1, 0.15) is 37.6 Å². The Kier molecular flexibility index (Phi) is 6.37. The molecule has 3 rings (SSSR count). The molecule has 2 aliphatic heterocycles. The first-order valence-corrected chi connectivity index (χ1v) is 10.3. The van der Waals surface area contributed by atoms with Gasteiger partial charge in [0, 0.05) is 25.7 Å². The lowest BCUT2D eigenvalue weighted by Crippen LogP contribution is -2.51. The summed E-state index contributed by atoms with van der Waals surface area (Å²) in [6, 6.07) is -0.430. The van der Waals surface area contributed by atoms with Crippen molar-refractivity contribution in [3.05, 3.63) is 11.4 Å². The minimum Gasteiger partial charge on any atom is -0.334 e. The van der Waals surface area contributed by atoms with E-state index in [4.69, 9.17) is 0 Å². The third-order valence-corrected chi connectivity index (χ3v) is 7.11. The Labute approximate surface area is 161 Å². The van der Waals surface area contributed by atoms with E-state index in [2.05, 4.69) is 15.1 Å². The van der Waals surface area contributed by atoms with Crippen LogP contribution in [0, 0.1) is 13.8 Å². The number of fused-ring (bicyclic) bond motifs is 2. The average molecular weight is 406 g/mol. The molecule has 3 unspecified atom stereocenters. The summed E-state index contributed by atoms with van der Waals surface area (Å²) < 4.78 is 29.7. The molecule has 0 spiro atoms. The Hall–Kier alpha value is -1.16. The second kappa shape index (κ2) is 7.84. The molecule has 2 fully saturated rings. The van der Waals surface area contributed by atoms with Crippen LogP contribution in [0.25, 0.3) is 0 Å². The van der Waals surface area contributed by atoms with Crippen LogP contribution in [0.3, 0.4) is 0 Å². The van der Waals surface area contributed by atoms with Crippen LogP contribution in [-0.4, -0.2) is 60.2 Å². The largest absolute Gasteiger partial charge is 0.334 e. The van der Waals surface area contributed by atoms with Crippen molar-refractivity contribution in [3.63, 3.8) is 0 Å². The molecule has 0 aliphatic carbocycles. The highest BCUT2D eigenvalue weighted by molar-refractivity contribution is 7.89. The molecule has 2 saturated heterocycles. The van der Waals surface area contributed by atoms with Gasteiger partial charge in [0.25, 0.3) is 0 Å². The van der Waals surface area contributed by atoms with E-state index in [1.807, 2.05) is 4.90 Å². The zero-order chi connectivity index (χ0) is 18.4. The quantitative estimate of drug-likeness (QED) is 0.759. The number of carbonyl (C=O) groups is 1. The summed E-state index contributed by atoms with van der Waals surface area (Å²) in [6.07, 6.45) is 2.89. The highest BCUT2D eigenvalue weighted by Crippen LogP contribution is 2.29. The second-order valence-corrected chi connectivity index (χ2v) is 8.74. The van der Waals surface area contributed by atoms with Crippen molar-refractivity contribution < 1.29 is 13.2 Å². The summed E-state index contributed by atoms with van der Waals surface area (Å²) in [5.41, 5.74) is 0.995. The van der Waals surface area contributed by atoms with Gasteiger partial charge >= 0.3 is 0 Å². The zero-order valence-electron chi connectivity index (χ0n) is 15.7. The summed E-state index contributed by atoms with van der Waals surface area (Å²) in [5, 5.41) is 7.51. The van der Waals surface area contributed by atoms with Gasteiger partial charge in [0.2, 0.25) is 15.9 Å². The van der Waals surface area contributed by atoms with Gasteiger partial charge in [0.15, 0.2) is 0 Å². The number of carbonyl (C=O) groups excluding carboxylic acids is 1. The van der Waals surface area contributed by atoms with Gasteiger partial charge in [-0.25, -0.2) is 8.42 Å². The molecule has 0 aromatic carbocycles. The van der Waals surface area contributed by atoms with Gasteiger partial charge in [0.05, 0.1) is 17.4 Å². The molecule has 1 aromatic rings. The molecule has 148 valence electrons. The van der Waals surface area contributed by atoms with Gasteiger partial charge in [0.1, 0.15) is 4.90 Å². The summed E-state index contributed by atoms with van der Waals surface area (Å²) in [4.78, 5) is 15.0. The number of rotatable bonds is 4. The first kappa shape index (κ1) is 21.1. The van der Waals surface area contributed by atoms with E-state index in [1.165, 1.54) is 4.68 Å². The summed E-state index contributed by atoms with van der Waals surface area (Å²) >= 11 is 0. The van der Waals surface area contributed by atoms with Crippen LogP contribution in [0.2, 0.25) is 0 Å². The van der Waals surface area contributed by atoms with Crippen LogP contribution < -0.4 is 10.0 Å². The van der Waals surface area contributed by atoms with Crippen molar-refractivity contribution in [1.29, 1.82) is 0 Å². The van der Waals surface area contributed by atoms with Gasteiger partial charge in [-0.1, -0.05) is 0 Å². The molecule has 1 aromatic heterocycles. The van der Waals surface area contributed by atoms with Crippen molar-refractivity contribution in [2.45, 2.75) is 63.1 Å². The van der Waals surface area contributed by atoms with Crippen molar-refractivity contribution in [2.75, 3.05) is 13.1 Å². The maximum atomic E-state index is 12.9. The number of aromatic nitrogens is 2. The van der Waals surface area contributed by atoms with E-state index in [9.17, 15) is 13.2 Å². The third kappa shape index (κ3) is 3.76. The summed E-state index contributed by atoms with van der Waals surface area (Å²) in [6.45, 7) is 6.68. The monoisotopic (exact) mass is 405 g/mol. The number of nitrogens with zero attached hydrogens (tertiary/aromatic N) is 3. The molecule has 2 bridgehead atoms. The lowest BCUT2D eigenvalue weighted by Gasteiger charge is -2.30. The lowest BCUT2D eigenvalue weighted by molar-refractivity contribution is -0.135. The molecule has 10 heteroatoms. The minimum atomic E-state index is -3.80. The molecule has 2 N–H and O–H groups in total. The molecule has 8 nitrogen and oxygen atoms in total. The molecule has 0 saturated carbocycles. The van der Waals surface area contributed by atoms with Crippen molar-refractivity contribution in [2.24, 2.45) is 7.05 Å². The molecule has 3 atom stereocenters. The number of hydrogen-bond acceptors (Lipinski definition) is 5. The van der Waals surface area contributed by atoms with Gasteiger partial charge in [-0.15, -0.1) is 12.4 Å². The van der Waals surface area contributed by atoms with Gasteiger partial charge < -0.3 is 10.2 Å². The van der Waals surface area contributed by atoms with Gasteiger partial charge in [-0.2, -0.15) is 9.82 Å². The van der Waals surface area contributed by atoms with Gasteiger partial charge in [-0.05, 0) is 46.6 Å². The highest BCUT2D eigenvalue weighted by atomic mass is 35.5. The van der Waals surface area contributed by atoms with E-state index in [0.29, 0.717) is 11.4 Å². The average Bonchev–Trinajstić information content (AvgIpc) is 2.92.